The van der Waals surface area contributed by atoms with Crippen molar-refractivity contribution in [3.8, 4) is 5.69 Å². The van der Waals surface area contributed by atoms with Crippen molar-refractivity contribution in [2.45, 2.75) is 40.3 Å². The number of benzene rings is 1. The molecule has 2 aromatic heterocycles. The highest BCUT2D eigenvalue weighted by atomic mass is 16.3. The molecule has 2 heterocycles. The molecule has 1 aromatic carbocycles. The number of carbonyl (C=O) groups is 1. The molecule has 0 fully saturated rings. The fourth-order valence-corrected chi connectivity index (χ4v) is 2.56. The summed E-state index contributed by atoms with van der Waals surface area (Å²) in [5.74, 6) is 1.42. The molecule has 0 unspecified atom stereocenters. The Morgan fingerprint density at radius 2 is 1.88 bits per heavy atom. The SMILES string of the molecule is Cc1ccc(-n2cc(C(=O)N(Cc3ccc(C)o3)C(C)C)nn2)cc1. The second kappa shape index (κ2) is 6.93. The van der Waals surface area contributed by atoms with Crippen LogP contribution in [0.1, 0.15) is 41.4 Å². The van der Waals surface area contributed by atoms with Gasteiger partial charge in [0.25, 0.3) is 5.91 Å². The maximum Gasteiger partial charge on any atom is 0.276 e. The van der Waals surface area contributed by atoms with Crippen molar-refractivity contribution in [2.24, 2.45) is 0 Å². The van der Waals surface area contributed by atoms with Crippen molar-refractivity contribution in [3.63, 3.8) is 0 Å². The van der Waals surface area contributed by atoms with E-state index in [1.807, 2.05) is 64.1 Å². The van der Waals surface area contributed by atoms with E-state index in [9.17, 15) is 4.79 Å². The smallest absolute Gasteiger partial charge is 0.276 e. The summed E-state index contributed by atoms with van der Waals surface area (Å²) in [6.07, 6.45) is 1.66. The average molecular weight is 338 g/mol. The minimum atomic E-state index is -0.164. The molecule has 3 aromatic rings. The Hall–Kier alpha value is -2.89. The molecule has 0 saturated carbocycles. The van der Waals surface area contributed by atoms with Crippen LogP contribution in [0.4, 0.5) is 0 Å². The molecule has 0 bridgehead atoms. The Morgan fingerprint density at radius 3 is 2.48 bits per heavy atom. The van der Waals surface area contributed by atoms with Gasteiger partial charge < -0.3 is 9.32 Å². The lowest BCUT2D eigenvalue weighted by Gasteiger charge is -2.24. The third-order valence-corrected chi connectivity index (χ3v) is 4.02. The van der Waals surface area contributed by atoms with E-state index in [2.05, 4.69) is 10.3 Å². The Balaban J connectivity index is 1.81. The fourth-order valence-electron chi connectivity index (χ4n) is 2.56. The van der Waals surface area contributed by atoms with Crippen molar-refractivity contribution in [2.75, 3.05) is 0 Å². The molecule has 0 saturated heterocycles. The van der Waals surface area contributed by atoms with Crippen molar-refractivity contribution in [1.29, 1.82) is 0 Å². The standard InChI is InChI=1S/C19H22N4O2/c1-13(2)22(11-17-10-7-15(4)25-17)19(24)18-12-23(21-20-18)16-8-5-14(3)6-9-16/h5-10,12-13H,11H2,1-4H3. The first-order valence-electron chi connectivity index (χ1n) is 8.29. The van der Waals surface area contributed by atoms with Crippen molar-refractivity contribution < 1.29 is 9.21 Å². The van der Waals surface area contributed by atoms with Gasteiger partial charge in [0, 0.05) is 6.04 Å². The van der Waals surface area contributed by atoms with Gasteiger partial charge in [-0.1, -0.05) is 22.9 Å². The highest BCUT2D eigenvalue weighted by Gasteiger charge is 2.23. The van der Waals surface area contributed by atoms with E-state index in [1.54, 1.807) is 15.8 Å². The van der Waals surface area contributed by atoms with Gasteiger partial charge in [-0.15, -0.1) is 5.10 Å². The number of aryl methyl sites for hydroxylation is 2. The third kappa shape index (κ3) is 3.79. The van der Waals surface area contributed by atoms with Crippen LogP contribution in [0.3, 0.4) is 0 Å². The van der Waals surface area contributed by atoms with Gasteiger partial charge in [0.1, 0.15) is 11.5 Å². The van der Waals surface area contributed by atoms with Crippen molar-refractivity contribution >= 4 is 5.91 Å². The molecule has 25 heavy (non-hydrogen) atoms. The van der Waals surface area contributed by atoms with E-state index < -0.39 is 0 Å². The van der Waals surface area contributed by atoms with Crippen molar-refractivity contribution in [3.05, 3.63) is 65.4 Å². The minimum absolute atomic E-state index is 0.0161. The Bertz CT molecular complexity index is 862. The number of carbonyl (C=O) groups excluding carboxylic acids is 1. The summed E-state index contributed by atoms with van der Waals surface area (Å²) in [4.78, 5) is 14.6. The molecule has 0 aliphatic rings. The van der Waals surface area contributed by atoms with Gasteiger partial charge in [0.2, 0.25) is 0 Å². The molecule has 0 atom stereocenters. The molecule has 0 N–H and O–H groups in total. The van der Waals surface area contributed by atoms with Crippen LogP contribution < -0.4 is 0 Å². The Morgan fingerprint density at radius 1 is 1.16 bits per heavy atom. The summed E-state index contributed by atoms with van der Waals surface area (Å²) in [6.45, 7) is 8.26. The molecular formula is C19H22N4O2. The zero-order valence-corrected chi connectivity index (χ0v) is 14.9. The van der Waals surface area contributed by atoms with Gasteiger partial charge in [-0.2, -0.15) is 0 Å². The van der Waals surface area contributed by atoms with Crippen molar-refractivity contribution in [1.82, 2.24) is 19.9 Å². The summed E-state index contributed by atoms with van der Waals surface area (Å²) in [7, 11) is 0. The summed E-state index contributed by atoms with van der Waals surface area (Å²) in [5, 5.41) is 8.14. The lowest BCUT2D eigenvalue weighted by atomic mass is 10.2. The lowest BCUT2D eigenvalue weighted by Crippen LogP contribution is -2.36. The van der Waals surface area contributed by atoms with Gasteiger partial charge >= 0.3 is 0 Å². The van der Waals surface area contributed by atoms with Crippen LogP contribution in [-0.2, 0) is 6.54 Å². The first-order chi connectivity index (χ1) is 11.9. The van der Waals surface area contributed by atoms with E-state index in [4.69, 9.17) is 4.42 Å². The van der Waals surface area contributed by atoms with E-state index in [-0.39, 0.29) is 11.9 Å². The molecule has 6 nitrogen and oxygen atoms in total. The summed E-state index contributed by atoms with van der Waals surface area (Å²) < 4.78 is 7.21. The highest BCUT2D eigenvalue weighted by molar-refractivity contribution is 5.92. The molecule has 0 spiro atoms. The van der Waals surface area contributed by atoms with Gasteiger partial charge in [-0.3, -0.25) is 4.79 Å². The number of rotatable bonds is 5. The van der Waals surface area contributed by atoms with Crippen LogP contribution in [-0.4, -0.2) is 31.8 Å². The maximum atomic E-state index is 12.9. The van der Waals surface area contributed by atoms with E-state index in [1.165, 1.54) is 5.56 Å². The molecule has 0 aliphatic carbocycles. The first-order valence-corrected chi connectivity index (χ1v) is 8.29. The molecule has 3 rings (SSSR count). The highest BCUT2D eigenvalue weighted by Crippen LogP contribution is 2.15. The van der Waals surface area contributed by atoms with Crippen LogP contribution >= 0.6 is 0 Å². The van der Waals surface area contributed by atoms with Crippen LogP contribution in [0.5, 0.6) is 0 Å². The summed E-state index contributed by atoms with van der Waals surface area (Å²) in [6, 6.07) is 11.7. The van der Waals surface area contributed by atoms with E-state index >= 15 is 0 Å². The van der Waals surface area contributed by atoms with Gasteiger partial charge in [0.05, 0.1) is 18.4 Å². The number of hydrogen-bond donors (Lipinski definition) is 0. The third-order valence-electron chi connectivity index (χ3n) is 4.02. The zero-order valence-electron chi connectivity index (χ0n) is 14.9. The predicted molar refractivity (Wildman–Crippen MR) is 94.6 cm³/mol. The van der Waals surface area contributed by atoms with Gasteiger partial charge in [-0.05, 0) is 52.0 Å². The maximum absolute atomic E-state index is 12.9. The average Bonchev–Trinajstić information content (AvgIpc) is 3.22. The van der Waals surface area contributed by atoms with Crippen LogP contribution in [0.15, 0.2) is 47.0 Å². The molecule has 6 heteroatoms. The van der Waals surface area contributed by atoms with Crippen LogP contribution in [0, 0.1) is 13.8 Å². The van der Waals surface area contributed by atoms with E-state index in [0.717, 1.165) is 17.2 Å². The number of hydrogen-bond acceptors (Lipinski definition) is 4. The van der Waals surface area contributed by atoms with Gasteiger partial charge in [-0.25, -0.2) is 4.68 Å². The molecule has 130 valence electrons. The minimum Gasteiger partial charge on any atom is -0.464 e. The molecule has 0 radical (unpaired) electrons. The van der Waals surface area contributed by atoms with Gasteiger partial charge in [0.15, 0.2) is 5.69 Å². The fraction of sp³-hybridized carbons (Fsp3) is 0.316. The molecule has 1 amide bonds. The topological polar surface area (TPSA) is 64.2 Å². The second-order valence-electron chi connectivity index (χ2n) is 6.42. The largest absolute Gasteiger partial charge is 0.464 e. The normalized spacial score (nSPS) is 11.1. The quantitative estimate of drug-likeness (QED) is 0.714. The van der Waals surface area contributed by atoms with E-state index in [0.29, 0.717) is 12.2 Å². The molecule has 0 aliphatic heterocycles. The Kier molecular flexibility index (Phi) is 4.70. The monoisotopic (exact) mass is 338 g/mol. The second-order valence-corrected chi connectivity index (χ2v) is 6.42. The Labute approximate surface area is 147 Å². The van der Waals surface area contributed by atoms with Crippen LogP contribution in [0.25, 0.3) is 5.69 Å². The summed E-state index contributed by atoms with van der Waals surface area (Å²) in [5.41, 5.74) is 2.35. The number of furan rings is 1. The lowest BCUT2D eigenvalue weighted by molar-refractivity contribution is 0.0669. The first kappa shape index (κ1) is 17.0. The van der Waals surface area contributed by atoms with Crippen LogP contribution in [0.2, 0.25) is 0 Å². The number of amides is 1. The summed E-state index contributed by atoms with van der Waals surface area (Å²) >= 11 is 0. The predicted octanol–water partition coefficient (Wildman–Crippen LogP) is 3.53. The number of aromatic nitrogens is 3. The molecular weight excluding hydrogens is 316 g/mol. The zero-order chi connectivity index (χ0) is 18.0. The number of nitrogens with zero attached hydrogens (tertiary/aromatic N) is 4.